The number of rotatable bonds is 7. The number of hydrogen-bond acceptors (Lipinski definition) is 4. The van der Waals surface area contributed by atoms with Gasteiger partial charge in [-0.3, -0.25) is 9.88 Å². The normalized spacial score (nSPS) is 13.0. The van der Waals surface area contributed by atoms with Gasteiger partial charge in [-0.15, -0.1) is 0 Å². The van der Waals surface area contributed by atoms with Gasteiger partial charge in [0.25, 0.3) is 0 Å². The Labute approximate surface area is 97.1 Å². The summed E-state index contributed by atoms with van der Waals surface area (Å²) >= 11 is 0. The van der Waals surface area contributed by atoms with Gasteiger partial charge in [-0.1, -0.05) is 13.0 Å². The maximum atomic E-state index is 8.86. The zero-order valence-corrected chi connectivity index (χ0v) is 9.84. The minimum atomic E-state index is 0.151. The number of aliphatic hydroxyl groups is 1. The quantitative estimate of drug-likeness (QED) is 0.717. The van der Waals surface area contributed by atoms with Gasteiger partial charge in [0.05, 0.1) is 11.7 Å². The molecule has 4 heteroatoms. The van der Waals surface area contributed by atoms with Crippen molar-refractivity contribution >= 4 is 0 Å². The Hall–Kier alpha value is -0.970. The number of aliphatic hydroxyl groups excluding tert-OH is 1. The number of hydrogen-bond donors (Lipinski definition) is 2. The molecule has 0 saturated heterocycles. The van der Waals surface area contributed by atoms with Crippen molar-refractivity contribution in [2.24, 2.45) is 5.73 Å². The Morgan fingerprint density at radius 2 is 2.31 bits per heavy atom. The smallest absolute Gasteiger partial charge is 0.0644 e. The third kappa shape index (κ3) is 3.56. The molecule has 0 fully saturated rings. The van der Waals surface area contributed by atoms with E-state index in [-0.39, 0.29) is 12.6 Å². The standard InChI is InChI=1S/C12H21N3O/c1-2-15(8-5-9-16)12(10-13)11-6-3-4-7-14-11/h3-4,6-7,12,16H,2,5,8-10,13H2,1H3. The largest absolute Gasteiger partial charge is 0.396 e. The summed E-state index contributed by atoms with van der Waals surface area (Å²) in [4.78, 5) is 6.59. The summed E-state index contributed by atoms with van der Waals surface area (Å²) in [5.74, 6) is 0. The van der Waals surface area contributed by atoms with E-state index in [2.05, 4.69) is 16.8 Å². The Kier molecular flexibility index (Phi) is 6.00. The highest BCUT2D eigenvalue weighted by Crippen LogP contribution is 2.16. The molecule has 0 amide bonds. The monoisotopic (exact) mass is 223 g/mol. The molecule has 1 heterocycles. The van der Waals surface area contributed by atoms with E-state index < -0.39 is 0 Å². The van der Waals surface area contributed by atoms with Crippen molar-refractivity contribution in [3.05, 3.63) is 30.1 Å². The van der Waals surface area contributed by atoms with Gasteiger partial charge in [-0.2, -0.15) is 0 Å². The maximum Gasteiger partial charge on any atom is 0.0644 e. The van der Waals surface area contributed by atoms with Crippen molar-refractivity contribution in [2.75, 3.05) is 26.2 Å². The van der Waals surface area contributed by atoms with Gasteiger partial charge in [0, 0.05) is 25.9 Å². The number of aromatic nitrogens is 1. The van der Waals surface area contributed by atoms with Crippen LogP contribution in [0.2, 0.25) is 0 Å². The minimum Gasteiger partial charge on any atom is -0.396 e. The van der Waals surface area contributed by atoms with Crippen LogP contribution in [0.5, 0.6) is 0 Å². The highest BCUT2D eigenvalue weighted by atomic mass is 16.3. The average molecular weight is 223 g/mol. The Balaban J connectivity index is 2.71. The average Bonchev–Trinajstić information content (AvgIpc) is 2.35. The fraction of sp³-hybridized carbons (Fsp3) is 0.583. The molecule has 0 bridgehead atoms. The Morgan fingerprint density at radius 3 is 2.81 bits per heavy atom. The molecule has 1 rings (SSSR count). The van der Waals surface area contributed by atoms with Crippen LogP contribution in [0.3, 0.4) is 0 Å². The van der Waals surface area contributed by atoms with Gasteiger partial charge in [0.2, 0.25) is 0 Å². The first-order chi connectivity index (χ1) is 7.83. The SMILES string of the molecule is CCN(CCCO)C(CN)c1ccccn1. The fourth-order valence-electron chi connectivity index (χ4n) is 1.84. The summed E-state index contributed by atoms with van der Waals surface area (Å²) in [6, 6.07) is 6.03. The van der Waals surface area contributed by atoms with Crippen LogP contribution in [-0.4, -0.2) is 41.2 Å². The molecular weight excluding hydrogens is 202 g/mol. The van der Waals surface area contributed by atoms with E-state index in [1.807, 2.05) is 18.2 Å². The first-order valence-electron chi connectivity index (χ1n) is 5.79. The summed E-state index contributed by atoms with van der Waals surface area (Å²) in [5.41, 5.74) is 6.81. The molecular formula is C12H21N3O. The third-order valence-corrected chi connectivity index (χ3v) is 2.70. The minimum absolute atomic E-state index is 0.151. The molecule has 1 aromatic heterocycles. The van der Waals surface area contributed by atoms with E-state index in [4.69, 9.17) is 10.8 Å². The van der Waals surface area contributed by atoms with Crippen LogP contribution in [0.25, 0.3) is 0 Å². The van der Waals surface area contributed by atoms with Crippen molar-refractivity contribution in [1.29, 1.82) is 0 Å². The molecule has 3 N–H and O–H groups in total. The van der Waals surface area contributed by atoms with Gasteiger partial charge >= 0.3 is 0 Å². The highest BCUT2D eigenvalue weighted by Gasteiger charge is 2.17. The van der Waals surface area contributed by atoms with Crippen molar-refractivity contribution in [3.8, 4) is 0 Å². The van der Waals surface area contributed by atoms with E-state index in [1.54, 1.807) is 6.20 Å². The second-order valence-corrected chi connectivity index (χ2v) is 3.71. The van der Waals surface area contributed by atoms with E-state index in [0.717, 1.165) is 25.2 Å². The van der Waals surface area contributed by atoms with Crippen LogP contribution < -0.4 is 5.73 Å². The molecule has 1 atom stereocenters. The first kappa shape index (κ1) is 13.1. The second-order valence-electron chi connectivity index (χ2n) is 3.71. The lowest BCUT2D eigenvalue weighted by Gasteiger charge is -2.29. The molecule has 0 spiro atoms. The number of nitrogens with two attached hydrogens (primary N) is 1. The Bertz CT molecular complexity index is 279. The summed E-state index contributed by atoms with van der Waals surface area (Å²) in [6.45, 7) is 4.64. The molecule has 4 nitrogen and oxygen atoms in total. The Morgan fingerprint density at radius 1 is 1.50 bits per heavy atom. The van der Waals surface area contributed by atoms with Crippen LogP contribution in [0, 0.1) is 0 Å². The molecule has 16 heavy (non-hydrogen) atoms. The van der Waals surface area contributed by atoms with Crippen molar-refractivity contribution in [3.63, 3.8) is 0 Å². The van der Waals surface area contributed by atoms with Crippen LogP contribution in [0.15, 0.2) is 24.4 Å². The van der Waals surface area contributed by atoms with Crippen LogP contribution in [0.4, 0.5) is 0 Å². The summed E-state index contributed by atoms with van der Waals surface area (Å²) in [6.07, 6.45) is 2.56. The third-order valence-electron chi connectivity index (χ3n) is 2.70. The molecule has 0 aliphatic heterocycles. The van der Waals surface area contributed by atoms with Gasteiger partial charge in [0.1, 0.15) is 0 Å². The zero-order chi connectivity index (χ0) is 11.8. The topological polar surface area (TPSA) is 62.4 Å². The number of likely N-dealkylation sites (N-methyl/N-ethyl adjacent to an activating group) is 1. The van der Waals surface area contributed by atoms with Gasteiger partial charge in [-0.05, 0) is 25.1 Å². The highest BCUT2D eigenvalue weighted by molar-refractivity contribution is 5.09. The molecule has 1 unspecified atom stereocenters. The van der Waals surface area contributed by atoms with Gasteiger partial charge in [0.15, 0.2) is 0 Å². The first-order valence-corrected chi connectivity index (χ1v) is 5.79. The fourth-order valence-corrected chi connectivity index (χ4v) is 1.84. The van der Waals surface area contributed by atoms with Gasteiger partial charge < -0.3 is 10.8 Å². The van der Waals surface area contributed by atoms with E-state index >= 15 is 0 Å². The van der Waals surface area contributed by atoms with Crippen LogP contribution in [-0.2, 0) is 0 Å². The van der Waals surface area contributed by atoms with Crippen LogP contribution >= 0.6 is 0 Å². The molecule has 0 saturated carbocycles. The summed E-state index contributed by atoms with van der Waals surface area (Å²) in [5, 5.41) is 8.86. The molecule has 1 aromatic rings. The molecule has 0 radical (unpaired) electrons. The molecule has 0 aliphatic rings. The number of nitrogens with zero attached hydrogens (tertiary/aromatic N) is 2. The molecule has 90 valence electrons. The lowest BCUT2D eigenvalue weighted by molar-refractivity contribution is 0.182. The van der Waals surface area contributed by atoms with Crippen molar-refractivity contribution in [2.45, 2.75) is 19.4 Å². The predicted molar refractivity (Wildman–Crippen MR) is 65.0 cm³/mol. The van der Waals surface area contributed by atoms with Crippen molar-refractivity contribution < 1.29 is 5.11 Å². The summed E-state index contributed by atoms with van der Waals surface area (Å²) in [7, 11) is 0. The molecule has 0 aromatic carbocycles. The van der Waals surface area contributed by atoms with Crippen molar-refractivity contribution in [1.82, 2.24) is 9.88 Å². The number of pyridine rings is 1. The lowest BCUT2D eigenvalue weighted by Crippen LogP contribution is -2.35. The predicted octanol–water partition coefficient (Wildman–Crippen LogP) is 0.786. The molecule has 0 aliphatic carbocycles. The maximum absolute atomic E-state index is 8.86. The second kappa shape index (κ2) is 7.33. The zero-order valence-electron chi connectivity index (χ0n) is 9.84. The lowest BCUT2D eigenvalue weighted by atomic mass is 10.1. The van der Waals surface area contributed by atoms with E-state index in [1.165, 1.54) is 0 Å². The summed E-state index contributed by atoms with van der Waals surface area (Å²) < 4.78 is 0. The van der Waals surface area contributed by atoms with E-state index in [0.29, 0.717) is 6.54 Å². The van der Waals surface area contributed by atoms with Gasteiger partial charge in [-0.25, -0.2) is 0 Å². The van der Waals surface area contributed by atoms with Crippen LogP contribution in [0.1, 0.15) is 25.1 Å². The van der Waals surface area contributed by atoms with E-state index in [9.17, 15) is 0 Å².